The Labute approximate surface area is 351 Å². The number of ketones is 1. The molecule has 0 heterocycles. The second-order valence-corrected chi connectivity index (χ2v) is 20.9. The summed E-state index contributed by atoms with van der Waals surface area (Å²) < 4.78 is 27.7. The molecule has 9 nitrogen and oxygen atoms in total. The number of phosphoric ester groups is 1. The number of Topliss-reactive ketones (excluding diaryl/α,β-unsaturated/α-hetero) is 1. The molecule has 0 spiro atoms. The van der Waals surface area contributed by atoms with E-state index < -0.39 is 45.8 Å². The zero-order chi connectivity index (χ0) is 43.2. The molecule has 340 valence electrons. The lowest BCUT2D eigenvalue weighted by molar-refractivity contribution is -0.230. The van der Waals surface area contributed by atoms with Crippen molar-refractivity contribution in [1.82, 2.24) is 0 Å². The predicted molar refractivity (Wildman–Crippen MR) is 234 cm³/mol. The molecule has 57 heavy (non-hydrogen) atoms. The number of aliphatic hydroxyl groups is 2. The summed E-state index contributed by atoms with van der Waals surface area (Å²) in [6.07, 6.45) is 20.5. The van der Waals surface area contributed by atoms with Crippen LogP contribution in [0.5, 0.6) is 0 Å². The van der Waals surface area contributed by atoms with Crippen molar-refractivity contribution in [3.63, 3.8) is 0 Å². The summed E-state index contributed by atoms with van der Waals surface area (Å²) in [5.41, 5.74) is 0. The van der Waals surface area contributed by atoms with Gasteiger partial charge in [-0.05, 0) is 53.8 Å². The number of rotatable bonds is 39. The molecule has 0 radical (unpaired) electrons. The summed E-state index contributed by atoms with van der Waals surface area (Å²) in [5, 5.41) is 18.5. The van der Waals surface area contributed by atoms with E-state index in [-0.39, 0.29) is 36.9 Å². The van der Waals surface area contributed by atoms with Crippen LogP contribution >= 0.6 is 7.82 Å². The second-order valence-electron chi connectivity index (χ2n) is 19.5. The van der Waals surface area contributed by atoms with Gasteiger partial charge in [-0.3, -0.25) is 14.2 Å². The molecular formula is C47H92O9P-. The molecule has 0 aromatic rings. The van der Waals surface area contributed by atoms with Gasteiger partial charge in [-0.25, -0.2) is 0 Å². The largest absolute Gasteiger partial charge is 0.756 e. The molecule has 0 fully saturated rings. The zero-order valence-electron chi connectivity index (χ0n) is 38.7. The Morgan fingerprint density at radius 2 is 0.877 bits per heavy atom. The molecule has 0 aromatic heterocycles. The van der Waals surface area contributed by atoms with Gasteiger partial charge in [0.05, 0.1) is 19.8 Å². The Morgan fingerprint density at radius 1 is 0.526 bits per heavy atom. The minimum absolute atomic E-state index is 0.0544. The maximum Gasteiger partial charge on any atom is 0.306 e. The molecule has 0 saturated heterocycles. The normalized spacial score (nSPS) is 17.5. The first-order valence-electron chi connectivity index (χ1n) is 23.4. The van der Waals surface area contributed by atoms with E-state index in [1.807, 2.05) is 6.92 Å². The van der Waals surface area contributed by atoms with Crippen molar-refractivity contribution < 1.29 is 43.0 Å². The average molecular weight is 832 g/mol. The number of phosphoric acid groups is 1. The Kier molecular flexibility index (Phi) is 33.3. The number of esters is 1. The van der Waals surface area contributed by atoms with Crippen LogP contribution in [0.4, 0.5) is 0 Å². The van der Waals surface area contributed by atoms with Crippen LogP contribution in [0.2, 0.25) is 0 Å². The van der Waals surface area contributed by atoms with Gasteiger partial charge >= 0.3 is 5.97 Å². The van der Waals surface area contributed by atoms with Gasteiger partial charge < -0.3 is 28.9 Å². The van der Waals surface area contributed by atoms with Gasteiger partial charge in [0.1, 0.15) is 18.0 Å². The summed E-state index contributed by atoms with van der Waals surface area (Å²) in [6.45, 7) is 20.9. The molecule has 0 aliphatic rings. The number of ether oxygens (including phenoxy) is 1. The van der Waals surface area contributed by atoms with Crippen molar-refractivity contribution in [2.75, 3.05) is 19.8 Å². The first-order chi connectivity index (χ1) is 26.8. The van der Waals surface area contributed by atoms with Gasteiger partial charge in [0.2, 0.25) is 0 Å². The summed E-state index contributed by atoms with van der Waals surface area (Å²) in [7, 11) is -4.84. The van der Waals surface area contributed by atoms with Crippen molar-refractivity contribution in [2.45, 2.75) is 223 Å². The van der Waals surface area contributed by atoms with Crippen molar-refractivity contribution >= 4 is 19.6 Å². The average Bonchev–Trinajstić information content (AvgIpc) is 3.11. The van der Waals surface area contributed by atoms with Crippen LogP contribution in [0.15, 0.2) is 0 Å². The fraction of sp³-hybridized carbons (Fsp3) is 0.957. The van der Waals surface area contributed by atoms with Gasteiger partial charge in [0, 0.05) is 19.3 Å². The number of hydrogen-bond acceptors (Lipinski definition) is 9. The minimum Gasteiger partial charge on any atom is -0.756 e. The molecule has 0 aliphatic carbocycles. The third-order valence-corrected chi connectivity index (χ3v) is 12.7. The monoisotopic (exact) mass is 832 g/mol. The van der Waals surface area contributed by atoms with Crippen LogP contribution < -0.4 is 4.89 Å². The lowest BCUT2D eigenvalue weighted by Crippen LogP contribution is -2.27. The summed E-state index contributed by atoms with van der Waals surface area (Å²) in [6, 6.07) is 0. The van der Waals surface area contributed by atoms with Gasteiger partial charge in [-0.1, -0.05) is 185 Å². The fourth-order valence-corrected chi connectivity index (χ4v) is 8.52. The van der Waals surface area contributed by atoms with E-state index in [2.05, 4.69) is 66.8 Å². The Morgan fingerprint density at radius 3 is 1.26 bits per heavy atom. The summed E-state index contributed by atoms with van der Waals surface area (Å²) >= 11 is 0. The van der Waals surface area contributed by atoms with E-state index in [1.165, 1.54) is 77.0 Å². The highest BCUT2D eigenvalue weighted by Gasteiger charge is 2.23. The SMILES string of the molecule is CC(C)CCCC(C)CCCC(C)CCCC(C)CC(=O)CC[C@H](COP(=O)([O-])OCC(O)CO)OC(=O)CC(C)CCCC(C)CCCC(C)CCCC(C)C. The predicted octanol–water partition coefficient (Wildman–Crippen LogP) is 12.0. The third kappa shape index (κ3) is 35.6. The fourth-order valence-electron chi connectivity index (χ4n) is 7.74. The Bertz CT molecular complexity index is 1040. The van der Waals surface area contributed by atoms with Crippen LogP contribution in [0, 0.1) is 47.3 Å². The van der Waals surface area contributed by atoms with Crippen LogP contribution in [0.25, 0.3) is 0 Å². The highest BCUT2D eigenvalue weighted by atomic mass is 31.2. The third-order valence-electron chi connectivity index (χ3n) is 11.7. The Hall–Kier alpha value is -0.830. The van der Waals surface area contributed by atoms with Crippen LogP contribution in [0.1, 0.15) is 210 Å². The van der Waals surface area contributed by atoms with Crippen molar-refractivity contribution in [3.05, 3.63) is 0 Å². The van der Waals surface area contributed by atoms with E-state index in [4.69, 9.17) is 14.4 Å². The Balaban J connectivity index is 4.77. The standard InChI is InChI=1S/C47H93O9P/c1-36(2)17-11-19-38(5)21-13-23-40(7)25-15-27-42(9)31-44(49)29-30-46(35-55-57(52,53)54-34-45(50)33-48)56-47(51)32-43(10)28-16-26-41(8)24-14-22-39(6)20-12-18-37(3)4/h36-43,45-46,48,50H,11-35H2,1-10H3,(H,52,53)/p-1/t38?,39?,40?,41?,42?,43?,45?,46-/m1/s1. The van der Waals surface area contributed by atoms with E-state index in [9.17, 15) is 24.2 Å². The van der Waals surface area contributed by atoms with Crippen molar-refractivity contribution in [3.8, 4) is 0 Å². The van der Waals surface area contributed by atoms with Gasteiger partial charge in [-0.2, -0.15) is 0 Å². The van der Waals surface area contributed by atoms with Crippen LogP contribution in [-0.4, -0.2) is 54.0 Å². The molecular weight excluding hydrogens is 739 g/mol. The molecule has 0 bridgehead atoms. The minimum atomic E-state index is -4.84. The smallest absolute Gasteiger partial charge is 0.306 e. The number of aliphatic hydroxyl groups excluding tert-OH is 2. The van der Waals surface area contributed by atoms with Gasteiger partial charge in [-0.15, -0.1) is 0 Å². The summed E-state index contributed by atoms with van der Waals surface area (Å²) in [4.78, 5) is 38.3. The maximum atomic E-state index is 13.0. The van der Waals surface area contributed by atoms with E-state index in [0.29, 0.717) is 18.3 Å². The van der Waals surface area contributed by atoms with Crippen molar-refractivity contribution in [1.29, 1.82) is 0 Å². The van der Waals surface area contributed by atoms with Crippen LogP contribution in [0.3, 0.4) is 0 Å². The first-order valence-corrected chi connectivity index (χ1v) is 24.9. The molecule has 9 atom stereocenters. The lowest BCUT2D eigenvalue weighted by atomic mass is 9.90. The number of carbonyl (C=O) groups is 2. The zero-order valence-corrected chi connectivity index (χ0v) is 39.5. The molecule has 0 aromatic carbocycles. The van der Waals surface area contributed by atoms with Crippen molar-refractivity contribution in [2.24, 2.45) is 47.3 Å². The molecule has 10 heteroatoms. The highest BCUT2D eigenvalue weighted by molar-refractivity contribution is 7.45. The van der Waals surface area contributed by atoms with Crippen LogP contribution in [-0.2, 0) is 27.9 Å². The molecule has 0 saturated carbocycles. The number of hydrogen-bond donors (Lipinski definition) is 2. The van der Waals surface area contributed by atoms with E-state index in [0.717, 1.165) is 62.2 Å². The first kappa shape index (κ1) is 56.2. The molecule has 0 rings (SSSR count). The topological polar surface area (TPSA) is 142 Å². The lowest BCUT2D eigenvalue weighted by Gasteiger charge is -2.26. The van der Waals surface area contributed by atoms with Gasteiger partial charge in [0.25, 0.3) is 7.82 Å². The van der Waals surface area contributed by atoms with E-state index in [1.54, 1.807) is 0 Å². The van der Waals surface area contributed by atoms with Gasteiger partial charge in [0.15, 0.2) is 0 Å². The molecule has 2 N–H and O–H groups in total. The maximum absolute atomic E-state index is 13.0. The number of carbonyl (C=O) groups excluding carboxylic acids is 2. The quantitative estimate of drug-likeness (QED) is 0.0457. The van der Waals surface area contributed by atoms with E-state index >= 15 is 0 Å². The molecule has 0 aliphatic heterocycles. The molecule has 8 unspecified atom stereocenters. The molecule has 0 amide bonds. The highest BCUT2D eigenvalue weighted by Crippen LogP contribution is 2.39. The second kappa shape index (κ2) is 33.8. The summed E-state index contributed by atoms with van der Waals surface area (Å²) in [5.74, 6) is 4.43.